The number of carbonyl (C=O) groups excluding carboxylic acids is 2. The van der Waals surface area contributed by atoms with Crippen LogP contribution in [0.1, 0.15) is 18.4 Å². The van der Waals surface area contributed by atoms with Gasteiger partial charge in [0, 0.05) is 45.3 Å². The van der Waals surface area contributed by atoms with E-state index < -0.39 is 0 Å². The normalized spacial score (nSPS) is 19.1. The molecule has 0 aromatic heterocycles. The summed E-state index contributed by atoms with van der Waals surface area (Å²) in [6, 6.07) is 5.62. The van der Waals surface area contributed by atoms with E-state index in [4.69, 9.17) is 9.47 Å². The molecule has 2 amide bonds. The first-order valence-electron chi connectivity index (χ1n) is 9.56. The van der Waals surface area contributed by atoms with E-state index in [1.165, 1.54) is 0 Å². The Morgan fingerprint density at radius 1 is 0.929 bits per heavy atom. The van der Waals surface area contributed by atoms with E-state index in [9.17, 15) is 9.59 Å². The maximum Gasteiger partial charge on any atom is 0.246 e. The maximum absolute atomic E-state index is 12.4. The van der Waals surface area contributed by atoms with Gasteiger partial charge in [-0.05, 0) is 36.6 Å². The fourth-order valence-electron chi connectivity index (χ4n) is 3.67. The fraction of sp³-hybridized carbons (Fsp3) is 0.500. The summed E-state index contributed by atoms with van der Waals surface area (Å²) in [5.74, 6) is 1.66. The van der Waals surface area contributed by atoms with Gasteiger partial charge in [-0.3, -0.25) is 14.5 Å². The lowest BCUT2D eigenvalue weighted by Crippen LogP contribution is -2.51. The van der Waals surface area contributed by atoms with E-state index in [0.717, 1.165) is 50.3 Å². The van der Waals surface area contributed by atoms with Crippen LogP contribution >= 0.6 is 12.4 Å². The zero-order chi connectivity index (χ0) is 18.6. The van der Waals surface area contributed by atoms with E-state index in [0.29, 0.717) is 25.4 Å². The van der Waals surface area contributed by atoms with E-state index in [1.54, 1.807) is 12.2 Å². The largest absolute Gasteiger partial charge is 0.454 e. The number of rotatable bonds is 4. The van der Waals surface area contributed by atoms with Crippen LogP contribution in [0.15, 0.2) is 24.3 Å². The third kappa shape index (κ3) is 4.77. The SMILES string of the molecule is Cl.O=C(/C=C/c1ccc2c(c1)OCO2)N1CCN(CC(=O)N2CCCC2)CC1. The molecule has 0 unspecified atom stereocenters. The maximum atomic E-state index is 12.4. The molecule has 0 N–H and O–H groups in total. The molecule has 3 aliphatic heterocycles. The Morgan fingerprint density at radius 2 is 1.64 bits per heavy atom. The third-order valence-corrected chi connectivity index (χ3v) is 5.32. The molecule has 0 saturated carbocycles. The quantitative estimate of drug-likeness (QED) is 0.710. The number of amides is 2. The third-order valence-electron chi connectivity index (χ3n) is 5.32. The van der Waals surface area contributed by atoms with Crippen molar-refractivity contribution in [2.75, 3.05) is 52.6 Å². The highest BCUT2D eigenvalue weighted by atomic mass is 35.5. The molecule has 0 aliphatic carbocycles. The van der Waals surface area contributed by atoms with Crippen LogP contribution in [-0.2, 0) is 9.59 Å². The predicted molar refractivity (Wildman–Crippen MR) is 108 cm³/mol. The Kier molecular flexibility index (Phi) is 6.80. The van der Waals surface area contributed by atoms with Gasteiger partial charge in [-0.1, -0.05) is 6.07 Å². The van der Waals surface area contributed by atoms with Crippen molar-refractivity contribution in [3.05, 3.63) is 29.8 Å². The van der Waals surface area contributed by atoms with Crippen LogP contribution in [-0.4, -0.2) is 79.1 Å². The first-order valence-corrected chi connectivity index (χ1v) is 9.56. The van der Waals surface area contributed by atoms with Crippen molar-refractivity contribution in [2.24, 2.45) is 0 Å². The van der Waals surface area contributed by atoms with Crippen LogP contribution in [0.3, 0.4) is 0 Å². The second-order valence-electron chi connectivity index (χ2n) is 7.14. The van der Waals surface area contributed by atoms with Crippen molar-refractivity contribution in [3.63, 3.8) is 0 Å². The van der Waals surface area contributed by atoms with Crippen LogP contribution < -0.4 is 9.47 Å². The topological polar surface area (TPSA) is 62.3 Å². The Bertz CT molecular complexity index is 741. The highest BCUT2D eigenvalue weighted by Crippen LogP contribution is 2.32. The number of carbonyl (C=O) groups is 2. The minimum atomic E-state index is -0.00168. The smallest absolute Gasteiger partial charge is 0.246 e. The average Bonchev–Trinajstić information content (AvgIpc) is 3.38. The monoisotopic (exact) mass is 407 g/mol. The van der Waals surface area contributed by atoms with Crippen molar-refractivity contribution in [2.45, 2.75) is 12.8 Å². The van der Waals surface area contributed by atoms with E-state index >= 15 is 0 Å². The van der Waals surface area contributed by atoms with Gasteiger partial charge in [0.25, 0.3) is 0 Å². The van der Waals surface area contributed by atoms with Gasteiger partial charge in [-0.25, -0.2) is 0 Å². The number of hydrogen-bond donors (Lipinski definition) is 0. The summed E-state index contributed by atoms with van der Waals surface area (Å²) in [5.41, 5.74) is 0.905. The second kappa shape index (κ2) is 9.30. The van der Waals surface area contributed by atoms with Gasteiger partial charge in [-0.2, -0.15) is 0 Å². The lowest BCUT2D eigenvalue weighted by Gasteiger charge is -2.34. The molecule has 1 aromatic carbocycles. The minimum Gasteiger partial charge on any atom is -0.454 e. The lowest BCUT2D eigenvalue weighted by molar-refractivity contribution is -0.132. The zero-order valence-electron chi connectivity index (χ0n) is 15.8. The molecule has 2 fully saturated rings. The molecule has 28 heavy (non-hydrogen) atoms. The number of halogens is 1. The molecule has 2 saturated heterocycles. The minimum absolute atomic E-state index is 0. The van der Waals surface area contributed by atoms with Crippen LogP contribution in [0, 0.1) is 0 Å². The number of piperazine rings is 1. The van der Waals surface area contributed by atoms with Crippen LogP contribution in [0.5, 0.6) is 11.5 Å². The number of likely N-dealkylation sites (tertiary alicyclic amines) is 1. The highest BCUT2D eigenvalue weighted by molar-refractivity contribution is 5.92. The Morgan fingerprint density at radius 3 is 2.39 bits per heavy atom. The first-order chi connectivity index (χ1) is 13.2. The van der Waals surface area contributed by atoms with Gasteiger partial charge in [0.05, 0.1) is 6.54 Å². The standard InChI is InChI=1S/C20H25N3O4.ClH/c24-19(6-4-16-3-5-17-18(13-16)27-15-26-17)23-11-9-21(10-12-23)14-20(25)22-7-1-2-8-22;/h3-6,13H,1-2,7-12,14-15H2;1H/b6-4+;. The molecule has 0 atom stereocenters. The zero-order valence-corrected chi connectivity index (χ0v) is 16.7. The van der Waals surface area contributed by atoms with Gasteiger partial charge in [0.15, 0.2) is 11.5 Å². The van der Waals surface area contributed by atoms with Crippen molar-refractivity contribution in [3.8, 4) is 11.5 Å². The summed E-state index contributed by atoms with van der Waals surface area (Å²) in [6.07, 6.45) is 5.63. The predicted octanol–water partition coefficient (Wildman–Crippen LogP) is 1.62. The Labute approximate surface area is 171 Å². The summed E-state index contributed by atoms with van der Waals surface area (Å²) in [6.45, 7) is 5.27. The second-order valence-corrected chi connectivity index (χ2v) is 7.14. The Hall–Kier alpha value is -2.25. The van der Waals surface area contributed by atoms with Gasteiger partial charge in [0.1, 0.15) is 0 Å². The number of fused-ring (bicyclic) bond motifs is 1. The molecule has 0 bridgehead atoms. The summed E-state index contributed by atoms with van der Waals surface area (Å²) in [7, 11) is 0. The van der Waals surface area contributed by atoms with Gasteiger partial charge in [0.2, 0.25) is 18.6 Å². The van der Waals surface area contributed by atoms with Crippen molar-refractivity contribution >= 4 is 30.3 Å². The summed E-state index contributed by atoms with van der Waals surface area (Å²) < 4.78 is 10.6. The van der Waals surface area contributed by atoms with E-state index in [-0.39, 0.29) is 31.0 Å². The summed E-state index contributed by atoms with van der Waals surface area (Å²) in [5, 5.41) is 0. The number of nitrogens with zero attached hydrogens (tertiary/aromatic N) is 3. The molecule has 0 spiro atoms. The highest BCUT2D eigenvalue weighted by Gasteiger charge is 2.24. The van der Waals surface area contributed by atoms with Crippen LogP contribution in [0.2, 0.25) is 0 Å². The van der Waals surface area contributed by atoms with Gasteiger partial charge >= 0.3 is 0 Å². The molecule has 7 nitrogen and oxygen atoms in total. The molecule has 8 heteroatoms. The number of benzene rings is 1. The molecular formula is C20H26ClN3O4. The first kappa shape index (κ1) is 20.5. The summed E-state index contributed by atoms with van der Waals surface area (Å²) in [4.78, 5) is 30.6. The number of hydrogen-bond acceptors (Lipinski definition) is 5. The van der Waals surface area contributed by atoms with Crippen LogP contribution in [0.25, 0.3) is 6.08 Å². The van der Waals surface area contributed by atoms with E-state index in [1.807, 2.05) is 28.0 Å². The van der Waals surface area contributed by atoms with E-state index in [2.05, 4.69) is 4.90 Å². The van der Waals surface area contributed by atoms with Gasteiger partial charge < -0.3 is 19.3 Å². The van der Waals surface area contributed by atoms with Crippen LogP contribution in [0.4, 0.5) is 0 Å². The summed E-state index contributed by atoms with van der Waals surface area (Å²) >= 11 is 0. The fourth-order valence-corrected chi connectivity index (χ4v) is 3.67. The molecule has 1 aromatic rings. The Balaban J connectivity index is 0.00000225. The molecular weight excluding hydrogens is 382 g/mol. The van der Waals surface area contributed by atoms with Crippen molar-refractivity contribution in [1.29, 1.82) is 0 Å². The van der Waals surface area contributed by atoms with Crippen molar-refractivity contribution < 1.29 is 19.1 Å². The molecule has 3 aliphatic rings. The van der Waals surface area contributed by atoms with Gasteiger partial charge in [-0.15, -0.1) is 12.4 Å². The average molecular weight is 408 g/mol. The molecule has 4 rings (SSSR count). The number of ether oxygens (including phenoxy) is 2. The molecule has 0 radical (unpaired) electrons. The lowest BCUT2D eigenvalue weighted by atomic mass is 10.2. The molecule has 152 valence electrons. The molecule has 3 heterocycles. The van der Waals surface area contributed by atoms with Crippen molar-refractivity contribution in [1.82, 2.24) is 14.7 Å².